The Morgan fingerprint density at radius 3 is 2.73 bits per heavy atom. The first-order chi connectivity index (χ1) is 12.8. The minimum Gasteiger partial charge on any atom is -0.496 e. The van der Waals surface area contributed by atoms with Crippen LogP contribution in [0.15, 0.2) is 71.8 Å². The summed E-state index contributed by atoms with van der Waals surface area (Å²) in [6.07, 6.45) is 1.66. The molecule has 128 valence electrons. The fraction of sp³-hybridized carbons (Fsp3) is 0.0526. The molecule has 0 saturated carbocycles. The molecule has 0 unspecified atom stereocenters. The van der Waals surface area contributed by atoms with Crippen LogP contribution in [0.5, 0.6) is 5.75 Å². The lowest BCUT2D eigenvalue weighted by Gasteiger charge is -2.07. The molecule has 0 amide bonds. The van der Waals surface area contributed by atoms with E-state index in [9.17, 15) is 0 Å². The van der Waals surface area contributed by atoms with E-state index in [1.54, 1.807) is 13.3 Å². The van der Waals surface area contributed by atoms with Gasteiger partial charge in [-0.25, -0.2) is 0 Å². The number of methoxy groups -OCH3 is 1. The number of fused-ring (bicyclic) bond motifs is 1. The van der Waals surface area contributed by atoms with Gasteiger partial charge in [-0.15, -0.1) is 0 Å². The minimum atomic E-state index is 0.424. The molecule has 1 N–H and O–H groups in total. The number of benzene rings is 3. The van der Waals surface area contributed by atoms with E-state index in [4.69, 9.17) is 4.74 Å². The quantitative estimate of drug-likeness (QED) is 0.561. The van der Waals surface area contributed by atoms with E-state index < -0.39 is 0 Å². The maximum absolute atomic E-state index is 5.32. The molecule has 7 nitrogen and oxygen atoms in total. The SMILES string of the molecule is COc1ccccc1C=Nn1nnnc1Nc1cccc2ccccc12. The summed E-state index contributed by atoms with van der Waals surface area (Å²) in [5, 5.41) is 21.4. The van der Waals surface area contributed by atoms with Crippen molar-refractivity contribution >= 4 is 28.6 Å². The molecule has 1 aromatic heterocycles. The number of tetrazole rings is 1. The summed E-state index contributed by atoms with van der Waals surface area (Å²) in [5.74, 6) is 1.15. The molecule has 4 aromatic rings. The molecule has 0 aliphatic rings. The number of nitrogens with one attached hydrogen (secondary N) is 1. The van der Waals surface area contributed by atoms with Gasteiger partial charge in [0.25, 0.3) is 5.95 Å². The summed E-state index contributed by atoms with van der Waals surface area (Å²) < 4.78 is 5.32. The van der Waals surface area contributed by atoms with Gasteiger partial charge in [0.05, 0.1) is 13.3 Å². The van der Waals surface area contributed by atoms with Crippen LogP contribution in [0.3, 0.4) is 0 Å². The first-order valence-electron chi connectivity index (χ1n) is 8.06. The van der Waals surface area contributed by atoms with E-state index in [1.807, 2.05) is 54.6 Å². The van der Waals surface area contributed by atoms with Gasteiger partial charge in [0, 0.05) is 16.6 Å². The monoisotopic (exact) mass is 344 g/mol. The second-order valence-electron chi connectivity index (χ2n) is 5.53. The van der Waals surface area contributed by atoms with Gasteiger partial charge in [-0.1, -0.05) is 58.4 Å². The van der Waals surface area contributed by atoms with Crippen molar-refractivity contribution in [1.82, 2.24) is 20.3 Å². The smallest absolute Gasteiger partial charge is 0.269 e. The molecule has 1 heterocycles. The molecule has 4 rings (SSSR count). The minimum absolute atomic E-state index is 0.424. The summed E-state index contributed by atoms with van der Waals surface area (Å²) in [7, 11) is 1.62. The molecule has 26 heavy (non-hydrogen) atoms. The molecule has 7 heteroatoms. The van der Waals surface area contributed by atoms with Crippen LogP contribution in [0, 0.1) is 0 Å². The molecule has 0 saturated heterocycles. The highest BCUT2D eigenvalue weighted by Gasteiger charge is 2.08. The second-order valence-corrected chi connectivity index (χ2v) is 5.53. The van der Waals surface area contributed by atoms with Crippen LogP contribution < -0.4 is 10.1 Å². The topological polar surface area (TPSA) is 77.2 Å². The van der Waals surface area contributed by atoms with Gasteiger partial charge >= 0.3 is 0 Å². The van der Waals surface area contributed by atoms with Crippen LogP contribution in [-0.2, 0) is 0 Å². The normalized spacial score (nSPS) is 11.1. The Hall–Kier alpha value is -3.74. The molecule has 0 atom stereocenters. The summed E-state index contributed by atoms with van der Waals surface area (Å²) in [4.78, 5) is 1.34. The van der Waals surface area contributed by atoms with Crippen LogP contribution in [-0.4, -0.2) is 33.6 Å². The highest BCUT2D eigenvalue weighted by Crippen LogP contribution is 2.25. The molecule has 0 bridgehead atoms. The van der Waals surface area contributed by atoms with Gasteiger partial charge < -0.3 is 10.1 Å². The van der Waals surface area contributed by atoms with E-state index >= 15 is 0 Å². The van der Waals surface area contributed by atoms with Crippen molar-refractivity contribution in [2.75, 3.05) is 12.4 Å². The number of ether oxygens (including phenoxy) is 1. The third-order valence-electron chi connectivity index (χ3n) is 3.93. The average molecular weight is 344 g/mol. The molecule has 0 fully saturated rings. The van der Waals surface area contributed by atoms with Crippen molar-refractivity contribution < 1.29 is 4.74 Å². The maximum Gasteiger partial charge on any atom is 0.269 e. The molecule has 0 aliphatic heterocycles. The Bertz CT molecular complexity index is 1070. The zero-order chi connectivity index (χ0) is 17.8. The van der Waals surface area contributed by atoms with Crippen LogP contribution in [0.4, 0.5) is 11.6 Å². The Balaban J connectivity index is 1.64. The van der Waals surface area contributed by atoms with Gasteiger partial charge in [-0.05, 0) is 34.0 Å². The van der Waals surface area contributed by atoms with Crippen LogP contribution in [0.2, 0.25) is 0 Å². The largest absolute Gasteiger partial charge is 0.496 e. The van der Waals surface area contributed by atoms with Gasteiger partial charge in [0.2, 0.25) is 0 Å². The van der Waals surface area contributed by atoms with Crippen molar-refractivity contribution in [3.05, 3.63) is 72.3 Å². The van der Waals surface area contributed by atoms with E-state index in [0.29, 0.717) is 5.95 Å². The Kier molecular flexibility index (Phi) is 4.26. The lowest BCUT2D eigenvalue weighted by atomic mass is 10.1. The predicted molar refractivity (Wildman–Crippen MR) is 101 cm³/mol. The predicted octanol–water partition coefficient (Wildman–Crippen LogP) is 3.46. The van der Waals surface area contributed by atoms with Crippen LogP contribution in [0.25, 0.3) is 10.8 Å². The fourth-order valence-electron chi connectivity index (χ4n) is 2.68. The van der Waals surface area contributed by atoms with E-state index in [-0.39, 0.29) is 0 Å². The van der Waals surface area contributed by atoms with Crippen LogP contribution >= 0.6 is 0 Å². The van der Waals surface area contributed by atoms with Gasteiger partial charge in [0.15, 0.2) is 0 Å². The number of hydrogen-bond donors (Lipinski definition) is 1. The van der Waals surface area contributed by atoms with Crippen molar-refractivity contribution in [2.24, 2.45) is 5.10 Å². The standard InChI is InChI=1S/C19H16N6O/c1-26-18-12-5-3-8-15(18)13-20-25-19(22-23-24-25)21-17-11-6-9-14-7-2-4-10-16(14)17/h2-13H,1H3,(H,21,22,24). The van der Waals surface area contributed by atoms with Gasteiger partial charge in [-0.2, -0.15) is 5.10 Å². The van der Waals surface area contributed by atoms with Crippen molar-refractivity contribution in [2.45, 2.75) is 0 Å². The van der Waals surface area contributed by atoms with E-state index in [2.05, 4.69) is 38.1 Å². The molecular weight excluding hydrogens is 328 g/mol. The van der Waals surface area contributed by atoms with Crippen molar-refractivity contribution in [3.63, 3.8) is 0 Å². The van der Waals surface area contributed by atoms with E-state index in [1.165, 1.54) is 4.79 Å². The highest BCUT2D eigenvalue weighted by atomic mass is 16.5. The summed E-state index contributed by atoms with van der Waals surface area (Å²) in [5.41, 5.74) is 1.74. The zero-order valence-corrected chi connectivity index (χ0v) is 14.1. The van der Waals surface area contributed by atoms with Gasteiger partial charge in [-0.3, -0.25) is 0 Å². The maximum atomic E-state index is 5.32. The number of hydrogen-bond acceptors (Lipinski definition) is 6. The highest BCUT2D eigenvalue weighted by molar-refractivity contribution is 5.94. The second kappa shape index (κ2) is 7.02. The Morgan fingerprint density at radius 1 is 1.00 bits per heavy atom. The number of rotatable bonds is 5. The lowest BCUT2D eigenvalue weighted by molar-refractivity contribution is 0.414. The number of para-hydroxylation sites is 1. The van der Waals surface area contributed by atoms with Gasteiger partial charge in [0.1, 0.15) is 5.75 Å². The van der Waals surface area contributed by atoms with Crippen molar-refractivity contribution in [1.29, 1.82) is 0 Å². The molecular formula is C19H16N6O. The number of aromatic nitrogens is 4. The van der Waals surface area contributed by atoms with E-state index in [0.717, 1.165) is 27.8 Å². The summed E-state index contributed by atoms with van der Waals surface area (Å²) in [6.45, 7) is 0. The molecule has 0 radical (unpaired) electrons. The first kappa shape index (κ1) is 15.8. The lowest BCUT2D eigenvalue weighted by Crippen LogP contribution is -2.02. The average Bonchev–Trinajstić information content (AvgIpc) is 3.14. The molecule has 0 spiro atoms. The summed E-state index contributed by atoms with van der Waals surface area (Å²) in [6, 6.07) is 21.7. The Morgan fingerprint density at radius 2 is 1.81 bits per heavy atom. The van der Waals surface area contributed by atoms with Crippen molar-refractivity contribution in [3.8, 4) is 5.75 Å². The Labute approximate surface area is 149 Å². The fourth-order valence-corrected chi connectivity index (χ4v) is 2.68. The summed E-state index contributed by atoms with van der Waals surface area (Å²) >= 11 is 0. The number of anilines is 2. The third-order valence-corrected chi connectivity index (χ3v) is 3.93. The first-order valence-corrected chi connectivity index (χ1v) is 8.06. The number of nitrogens with zero attached hydrogens (tertiary/aromatic N) is 5. The molecule has 3 aromatic carbocycles. The third kappa shape index (κ3) is 3.10. The van der Waals surface area contributed by atoms with Crippen LogP contribution in [0.1, 0.15) is 5.56 Å². The molecule has 0 aliphatic carbocycles. The zero-order valence-electron chi connectivity index (χ0n) is 14.1.